The monoisotopic (exact) mass is 532 g/mol. The van der Waals surface area contributed by atoms with Crippen LogP contribution in [0.15, 0.2) is 42.6 Å². The van der Waals surface area contributed by atoms with E-state index in [9.17, 15) is 23.2 Å². The van der Waals surface area contributed by atoms with Gasteiger partial charge in [0, 0.05) is 28.8 Å². The largest absolute Gasteiger partial charge is 0.481 e. The molecule has 0 spiro atoms. The molecule has 0 amide bonds. The molecule has 3 aliphatic rings. The average molecular weight is 533 g/mol. The van der Waals surface area contributed by atoms with Gasteiger partial charge in [-0.15, -0.1) is 0 Å². The van der Waals surface area contributed by atoms with Crippen molar-refractivity contribution in [3.63, 3.8) is 0 Å². The highest BCUT2D eigenvalue weighted by Gasteiger charge is 2.39. The first-order valence-electron chi connectivity index (χ1n) is 12.8. The Kier molecular flexibility index (Phi) is 7.04. The van der Waals surface area contributed by atoms with Crippen molar-refractivity contribution in [1.29, 1.82) is 5.26 Å². The zero-order valence-corrected chi connectivity index (χ0v) is 21.3. The number of fused-ring (bicyclic) bond motifs is 4. The van der Waals surface area contributed by atoms with Gasteiger partial charge in [-0.2, -0.15) is 5.26 Å². The van der Waals surface area contributed by atoms with E-state index in [-0.39, 0.29) is 39.2 Å². The molecule has 9 heteroatoms. The molecule has 2 aromatic carbocycles. The quantitative estimate of drug-likeness (QED) is 0.263. The molecule has 4 N–H and O–H groups in total. The van der Waals surface area contributed by atoms with Crippen LogP contribution in [-0.2, 0) is 4.79 Å². The highest BCUT2D eigenvalue weighted by molar-refractivity contribution is 5.98. The van der Waals surface area contributed by atoms with Crippen LogP contribution in [0.2, 0.25) is 0 Å². The van der Waals surface area contributed by atoms with Gasteiger partial charge in [0.2, 0.25) is 0 Å². The van der Waals surface area contributed by atoms with Crippen molar-refractivity contribution >= 4 is 22.7 Å². The van der Waals surface area contributed by atoms with E-state index in [1.165, 1.54) is 31.9 Å². The van der Waals surface area contributed by atoms with Crippen LogP contribution >= 0.6 is 0 Å². The molecule has 2 heterocycles. The van der Waals surface area contributed by atoms with Crippen molar-refractivity contribution in [2.24, 2.45) is 17.8 Å². The van der Waals surface area contributed by atoms with Gasteiger partial charge in [0.25, 0.3) is 0 Å². The summed E-state index contributed by atoms with van der Waals surface area (Å²) in [5.41, 5.74) is 7.47. The summed E-state index contributed by atoms with van der Waals surface area (Å²) in [6, 6.07) is 10.7. The van der Waals surface area contributed by atoms with Crippen molar-refractivity contribution in [2.75, 3.05) is 5.73 Å². The van der Waals surface area contributed by atoms with Gasteiger partial charge in [-0.05, 0) is 49.7 Å². The van der Waals surface area contributed by atoms with Crippen LogP contribution in [0, 0.1) is 53.5 Å². The van der Waals surface area contributed by atoms with E-state index < -0.39 is 29.2 Å². The molecule has 0 saturated heterocycles. The van der Waals surface area contributed by atoms with Crippen LogP contribution in [0.1, 0.15) is 43.2 Å². The lowest BCUT2D eigenvalue weighted by Gasteiger charge is -2.40. The van der Waals surface area contributed by atoms with E-state index in [0.717, 1.165) is 30.0 Å². The molecule has 2 bridgehead atoms. The molecule has 1 atom stereocenters. The van der Waals surface area contributed by atoms with Gasteiger partial charge >= 0.3 is 5.97 Å². The first-order chi connectivity index (χ1) is 18.7. The Morgan fingerprint density at radius 1 is 1.13 bits per heavy atom. The number of hydrogen-bond donors (Lipinski definition) is 3. The zero-order chi connectivity index (χ0) is 27.8. The molecule has 6 nitrogen and oxygen atoms in total. The summed E-state index contributed by atoms with van der Waals surface area (Å²) >= 11 is 0. The number of aryl methyl sites for hydroxylation is 1. The van der Waals surface area contributed by atoms with Gasteiger partial charge in [0.1, 0.15) is 17.7 Å². The maximum absolute atomic E-state index is 14.8. The number of benzene rings is 2. The molecule has 3 aliphatic carbocycles. The average Bonchev–Trinajstić information content (AvgIpc) is 3.35. The number of nitrogens with two attached hydrogens (primary N) is 1. The predicted octanol–water partition coefficient (Wildman–Crippen LogP) is 6.97. The number of anilines is 1. The van der Waals surface area contributed by atoms with E-state index >= 15 is 0 Å². The van der Waals surface area contributed by atoms with Crippen molar-refractivity contribution in [3.8, 4) is 28.5 Å². The van der Waals surface area contributed by atoms with Crippen molar-refractivity contribution in [2.45, 2.75) is 39.0 Å². The molecule has 3 saturated carbocycles. The first kappa shape index (κ1) is 26.3. The van der Waals surface area contributed by atoms with Crippen molar-refractivity contribution in [3.05, 3.63) is 71.2 Å². The maximum atomic E-state index is 14.8. The summed E-state index contributed by atoms with van der Waals surface area (Å²) < 4.78 is 42.6. The minimum absolute atomic E-state index is 0.00231. The Morgan fingerprint density at radius 3 is 2.38 bits per heavy atom. The Hall–Kier alpha value is -4.32. The third-order valence-corrected chi connectivity index (χ3v) is 7.94. The van der Waals surface area contributed by atoms with E-state index in [1.807, 2.05) is 13.0 Å². The second kappa shape index (κ2) is 10.4. The van der Waals surface area contributed by atoms with Crippen LogP contribution in [0.3, 0.4) is 0 Å². The highest BCUT2D eigenvalue weighted by atomic mass is 19.1. The minimum atomic E-state index is -0.818. The fourth-order valence-electron chi connectivity index (χ4n) is 5.91. The number of aromatic amines is 1. The second-order valence-corrected chi connectivity index (χ2v) is 10.4. The molecule has 7 rings (SSSR count). The lowest BCUT2D eigenvalue weighted by atomic mass is 9.65. The number of pyridine rings is 1. The zero-order valence-electron chi connectivity index (χ0n) is 21.3. The van der Waals surface area contributed by atoms with E-state index in [1.54, 1.807) is 24.3 Å². The fraction of sp³-hybridized carbons (Fsp3) is 0.300. The van der Waals surface area contributed by atoms with E-state index in [2.05, 4.69) is 9.97 Å². The van der Waals surface area contributed by atoms with Crippen LogP contribution in [0.25, 0.3) is 33.3 Å². The molecular weight excluding hydrogens is 505 g/mol. The van der Waals surface area contributed by atoms with Gasteiger partial charge < -0.3 is 15.8 Å². The molecule has 0 aliphatic heterocycles. The van der Waals surface area contributed by atoms with Gasteiger partial charge in [-0.25, -0.2) is 18.2 Å². The predicted molar refractivity (Wildman–Crippen MR) is 142 cm³/mol. The number of nitriles is 1. The Labute approximate surface area is 223 Å². The molecule has 1 unspecified atom stereocenters. The summed E-state index contributed by atoms with van der Waals surface area (Å²) in [6.07, 6.45) is 7.26. The lowest BCUT2D eigenvalue weighted by Crippen LogP contribution is -2.35. The summed E-state index contributed by atoms with van der Waals surface area (Å²) in [5, 5.41) is 18.8. The number of aliphatic carboxylic acids is 1. The summed E-state index contributed by atoms with van der Waals surface area (Å²) in [7, 11) is 0. The van der Waals surface area contributed by atoms with Gasteiger partial charge in [0.05, 0.1) is 22.7 Å². The lowest BCUT2D eigenvalue weighted by molar-refractivity contribution is -0.147. The van der Waals surface area contributed by atoms with Gasteiger partial charge in [-0.3, -0.25) is 4.79 Å². The number of halogens is 3. The standard InChI is InChI=1S/C21H13F3N4.C9H14O2/c1-10-2-4-11(5-3-10)17-14(8-25)19(28-21(26)18(17)24)15-9-27-20-13(15)6-12(22)7-16(20)23;10-9(11)8-5-6-1-3-7(8)4-2-6/h2-7,9,27H,1H3,(H2,26,28);6-8H,1-5H2,(H,10,11). The van der Waals surface area contributed by atoms with Crippen LogP contribution in [-0.4, -0.2) is 21.0 Å². The summed E-state index contributed by atoms with van der Waals surface area (Å²) in [5.74, 6) is -2.09. The number of H-pyrrole nitrogens is 1. The molecule has 3 fully saturated rings. The van der Waals surface area contributed by atoms with Crippen LogP contribution in [0.5, 0.6) is 0 Å². The third kappa shape index (κ3) is 4.94. The maximum Gasteiger partial charge on any atom is 0.306 e. The normalized spacial score (nSPS) is 19.8. The number of carbonyl (C=O) groups is 1. The number of aromatic nitrogens is 2. The molecule has 2 aromatic heterocycles. The first-order valence-corrected chi connectivity index (χ1v) is 12.8. The number of rotatable bonds is 3. The topological polar surface area (TPSA) is 116 Å². The number of hydrogen-bond acceptors (Lipinski definition) is 4. The SMILES string of the molecule is Cc1ccc(-c2c(F)c(N)nc(-c3c[nH]c4c(F)cc(F)cc34)c2C#N)cc1.O=C(O)C1CC2CCC1CC2. The van der Waals surface area contributed by atoms with Crippen LogP contribution < -0.4 is 5.73 Å². The molecular formula is C30H27F3N4O2. The summed E-state index contributed by atoms with van der Waals surface area (Å²) in [4.78, 5) is 17.5. The van der Waals surface area contributed by atoms with Gasteiger partial charge in [-0.1, -0.05) is 42.7 Å². The molecule has 0 radical (unpaired) electrons. The number of nitrogen functional groups attached to an aromatic ring is 1. The third-order valence-electron chi connectivity index (χ3n) is 7.94. The Bertz CT molecular complexity index is 1600. The van der Waals surface area contributed by atoms with Crippen molar-refractivity contribution in [1.82, 2.24) is 9.97 Å². The van der Waals surface area contributed by atoms with E-state index in [0.29, 0.717) is 11.5 Å². The Morgan fingerprint density at radius 2 is 1.82 bits per heavy atom. The smallest absolute Gasteiger partial charge is 0.306 e. The summed E-state index contributed by atoms with van der Waals surface area (Å²) in [6.45, 7) is 1.88. The number of nitrogens with one attached hydrogen (secondary N) is 1. The van der Waals surface area contributed by atoms with Crippen molar-refractivity contribution < 1.29 is 23.1 Å². The fourth-order valence-corrected chi connectivity index (χ4v) is 5.91. The molecule has 200 valence electrons. The van der Waals surface area contributed by atoms with Crippen LogP contribution in [0.4, 0.5) is 19.0 Å². The number of carboxylic acids is 1. The van der Waals surface area contributed by atoms with Gasteiger partial charge in [0.15, 0.2) is 11.6 Å². The molecule has 39 heavy (non-hydrogen) atoms. The minimum Gasteiger partial charge on any atom is -0.481 e. The molecule has 4 aromatic rings. The van der Waals surface area contributed by atoms with E-state index in [4.69, 9.17) is 10.8 Å². The number of carboxylic acid groups (broad SMARTS) is 1. The highest BCUT2D eigenvalue weighted by Crippen LogP contribution is 2.45. The Balaban J connectivity index is 0.000000233. The number of nitrogens with zero attached hydrogens (tertiary/aromatic N) is 2. The second-order valence-electron chi connectivity index (χ2n) is 10.4.